The van der Waals surface area contributed by atoms with Gasteiger partial charge < -0.3 is 31.9 Å². The van der Waals surface area contributed by atoms with E-state index in [1.165, 1.54) is 0 Å². The first kappa shape index (κ1) is 18.8. The Labute approximate surface area is 119 Å². The minimum atomic E-state index is -2.08. The fourth-order valence-electron chi connectivity index (χ4n) is 2.13. The summed E-state index contributed by atoms with van der Waals surface area (Å²) in [5.41, 5.74) is 7.34. The van der Waals surface area contributed by atoms with E-state index in [9.17, 15) is 19.2 Å². The van der Waals surface area contributed by atoms with Crippen LogP contribution in [0.4, 0.5) is 0 Å². The zero-order valence-corrected chi connectivity index (χ0v) is 11.1. The van der Waals surface area contributed by atoms with Crippen molar-refractivity contribution in [3.63, 3.8) is 0 Å². The molecule has 0 unspecified atom stereocenters. The maximum atomic E-state index is 10.9. The van der Waals surface area contributed by atoms with Crippen molar-refractivity contribution in [2.75, 3.05) is 0 Å². The predicted octanol–water partition coefficient (Wildman–Crippen LogP) is -1.12. The third-order valence-electron chi connectivity index (χ3n) is 3.21. The highest BCUT2D eigenvalue weighted by atomic mass is 16.4. The van der Waals surface area contributed by atoms with Crippen LogP contribution in [-0.2, 0) is 19.2 Å². The molecule has 0 amide bonds. The minimum Gasteiger partial charge on any atom is -0.481 e. The molecule has 0 aromatic heterocycles. The van der Waals surface area contributed by atoms with Gasteiger partial charge in [-0.15, -0.1) is 0 Å². The second-order valence-electron chi connectivity index (χ2n) is 4.93. The molecule has 0 aliphatic carbocycles. The van der Waals surface area contributed by atoms with Gasteiger partial charge in [0.05, 0.1) is 24.9 Å². The van der Waals surface area contributed by atoms with E-state index in [0.717, 1.165) is 0 Å². The molecule has 0 saturated carbocycles. The van der Waals surface area contributed by atoms with Gasteiger partial charge in [-0.1, -0.05) is 0 Å². The summed E-state index contributed by atoms with van der Waals surface area (Å²) >= 11 is 0. The SMILES string of the molecule is NC(N)(CCC(=O)O)C(CC(=O)O)(CC(=O)O)CC(=O)O. The highest BCUT2D eigenvalue weighted by molar-refractivity contribution is 5.76. The van der Waals surface area contributed by atoms with Crippen LogP contribution in [0.1, 0.15) is 32.1 Å². The number of nitrogens with two attached hydrogens (primary N) is 2. The van der Waals surface area contributed by atoms with Crippen molar-refractivity contribution in [2.24, 2.45) is 16.9 Å². The van der Waals surface area contributed by atoms with Crippen molar-refractivity contribution in [3.05, 3.63) is 0 Å². The van der Waals surface area contributed by atoms with Gasteiger partial charge in [0.25, 0.3) is 0 Å². The van der Waals surface area contributed by atoms with Crippen molar-refractivity contribution in [2.45, 2.75) is 37.8 Å². The highest BCUT2D eigenvalue weighted by Crippen LogP contribution is 2.40. The van der Waals surface area contributed by atoms with E-state index in [1.54, 1.807) is 0 Å². The quantitative estimate of drug-likeness (QED) is 0.268. The largest absolute Gasteiger partial charge is 0.481 e. The summed E-state index contributed by atoms with van der Waals surface area (Å²) in [4.78, 5) is 43.4. The number of aliphatic carboxylic acids is 4. The van der Waals surface area contributed by atoms with Gasteiger partial charge in [0, 0.05) is 11.8 Å². The monoisotopic (exact) mass is 306 g/mol. The molecule has 0 aliphatic rings. The predicted molar refractivity (Wildman–Crippen MR) is 67.2 cm³/mol. The lowest BCUT2D eigenvalue weighted by atomic mass is 9.66. The van der Waals surface area contributed by atoms with E-state index in [2.05, 4.69) is 0 Å². The van der Waals surface area contributed by atoms with E-state index in [-0.39, 0.29) is 0 Å². The summed E-state index contributed by atoms with van der Waals surface area (Å²) in [5.74, 6) is -5.71. The van der Waals surface area contributed by atoms with Crippen LogP contribution in [0.5, 0.6) is 0 Å². The third-order valence-corrected chi connectivity index (χ3v) is 3.21. The number of carboxylic acid groups (broad SMARTS) is 4. The molecule has 0 aromatic rings. The molecule has 0 aliphatic heterocycles. The van der Waals surface area contributed by atoms with Gasteiger partial charge in [0.1, 0.15) is 0 Å². The molecule has 0 saturated heterocycles. The van der Waals surface area contributed by atoms with Gasteiger partial charge in [-0.05, 0) is 6.42 Å². The van der Waals surface area contributed by atoms with E-state index >= 15 is 0 Å². The Balaban J connectivity index is 5.67. The molecule has 10 nitrogen and oxygen atoms in total. The van der Waals surface area contributed by atoms with Crippen LogP contribution in [0.2, 0.25) is 0 Å². The number of hydrogen-bond acceptors (Lipinski definition) is 6. The highest BCUT2D eigenvalue weighted by Gasteiger charge is 2.50. The summed E-state index contributed by atoms with van der Waals surface area (Å²) in [6.07, 6.45) is -3.72. The van der Waals surface area contributed by atoms with E-state index < -0.39 is 67.1 Å². The smallest absolute Gasteiger partial charge is 0.304 e. The molecule has 0 spiro atoms. The van der Waals surface area contributed by atoms with Crippen molar-refractivity contribution >= 4 is 23.9 Å². The molecule has 0 bridgehead atoms. The Hall–Kier alpha value is -2.20. The first-order valence-corrected chi connectivity index (χ1v) is 5.87. The van der Waals surface area contributed by atoms with Gasteiger partial charge in [-0.25, -0.2) is 0 Å². The maximum Gasteiger partial charge on any atom is 0.304 e. The lowest BCUT2D eigenvalue weighted by Gasteiger charge is -2.43. The average molecular weight is 306 g/mol. The van der Waals surface area contributed by atoms with Crippen LogP contribution in [0, 0.1) is 5.41 Å². The Morgan fingerprint density at radius 1 is 0.714 bits per heavy atom. The standard InChI is InChI=1S/C11H18N2O8/c12-11(13,2-1-6(14)15)10(3-7(16)17,4-8(18)19)5-9(20)21/h1-5,12-13H2,(H,14,15)(H,16,17)(H,18,19)(H,20,21). The van der Waals surface area contributed by atoms with Crippen LogP contribution in [0.3, 0.4) is 0 Å². The van der Waals surface area contributed by atoms with Crippen molar-refractivity contribution < 1.29 is 39.6 Å². The second kappa shape index (κ2) is 6.99. The molecule has 21 heavy (non-hydrogen) atoms. The molecule has 10 heteroatoms. The zero-order chi connectivity index (χ0) is 16.8. The fourth-order valence-corrected chi connectivity index (χ4v) is 2.13. The Morgan fingerprint density at radius 3 is 1.29 bits per heavy atom. The molecule has 0 fully saturated rings. The summed E-state index contributed by atoms with van der Waals surface area (Å²) < 4.78 is 0. The maximum absolute atomic E-state index is 10.9. The van der Waals surface area contributed by atoms with Gasteiger partial charge in [0.15, 0.2) is 0 Å². The van der Waals surface area contributed by atoms with Crippen molar-refractivity contribution in [1.29, 1.82) is 0 Å². The molecule has 0 atom stereocenters. The van der Waals surface area contributed by atoms with Gasteiger partial charge in [-0.2, -0.15) is 0 Å². The van der Waals surface area contributed by atoms with Crippen LogP contribution in [0.15, 0.2) is 0 Å². The molecule has 0 aromatic carbocycles. The minimum absolute atomic E-state index is 0.462. The Bertz CT molecular complexity index is 405. The van der Waals surface area contributed by atoms with E-state index in [4.69, 9.17) is 31.9 Å². The molecule has 0 heterocycles. The fraction of sp³-hybridized carbons (Fsp3) is 0.636. The normalized spacial score (nSPS) is 11.9. The van der Waals surface area contributed by atoms with E-state index in [1.807, 2.05) is 0 Å². The Kier molecular flexibility index (Phi) is 6.26. The molecule has 0 radical (unpaired) electrons. The number of carbonyl (C=O) groups is 4. The van der Waals surface area contributed by atoms with Crippen LogP contribution in [0.25, 0.3) is 0 Å². The molecule has 120 valence electrons. The van der Waals surface area contributed by atoms with Crippen LogP contribution in [-0.4, -0.2) is 50.0 Å². The number of hydrogen-bond donors (Lipinski definition) is 6. The second-order valence-corrected chi connectivity index (χ2v) is 4.93. The summed E-state index contributed by atoms with van der Waals surface area (Å²) in [7, 11) is 0. The van der Waals surface area contributed by atoms with Gasteiger partial charge in [0.2, 0.25) is 0 Å². The lowest BCUT2D eigenvalue weighted by molar-refractivity contribution is -0.151. The molecule has 0 rings (SSSR count). The first-order chi connectivity index (χ1) is 9.42. The Morgan fingerprint density at radius 2 is 1.05 bits per heavy atom. The number of carboxylic acids is 4. The van der Waals surface area contributed by atoms with Crippen molar-refractivity contribution in [3.8, 4) is 0 Å². The van der Waals surface area contributed by atoms with Crippen molar-refractivity contribution in [1.82, 2.24) is 0 Å². The third kappa shape index (κ3) is 5.75. The first-order valence-electron chi connectivity index (χ1n) is 5.87. The van der Waals surface area contributed by atoms with Crippen LogP contribution >= 0.6 is 0 Å². The summed E-state index contributed by atoms with van der Waals surface area (Å²) in [6, 6.07) is 0. The lowest BCUT2D eigenvalue weighted by Crippen LogP contribution is -2.64. The molecular weight excluding hydrogens is 288 g/mol. The average Bonchev–Trinajstić information content (AvgIpc) is 2.23. The van der Waals surface area contributed by atoms with Crippen LogP contribution < -0.4 is 11.5 Å². The van der Waals surface area contributed by atoms with Gasteiger partial charge in [-0.3, -0.25) is 19.2 Å². The van der Waals surface area contributed by atoms with Gasteiger partial charge >= 0.3 is 23.9 Å². The number of rotatable bonds is 10. The summed E-state index contributed by atoms with van der Waals surface area (Å²) in [6.45, 7) is 0. The summed E-state index contributed by atoms with van der Waals surface area (Å²) in [5, 5.41) is 35.3. The zero-order valence-electron chi connectivity index (χ0n) is 11.1. The van der Waals surface area contributed by atoms with E-state index in [0.29, 0.717) is 0 Å². The molecular formula is C11H18N2O8. The topological polar surface area (TPSA) is 201 Å². The molecule has 8 N–H and O–H groups in total.